The van der Waals surface area contributed by atoms with Gasteiger partial charge in [0.05, 0.1) is 0 Å². The molecular formula is C4HN3O3. The minimum absolute atomic E-state index is 0.860. The van der Waals surface area contributed by atoms with Gasteiger partial charge in [0, 0.05) is 0 Å². The van der Waals surface area contributed by atoms with Crippen molar-refractivity contribution in [1.29, 1.82) is 10.5 Å². The lowest BCUT2D eigenvalue weighted by Crippen LogP contribution is -2.12. The van der Waals surface area contributed by atoms with E-state index in [4.69, 9.17) is 15.7 Å². The second kappa shape index (κ2) is 3.87. The Labute approximate surface area is 55.5 Å². The number of nitrogens with zero attached hydrogens (tertiary/aromatic N) is 3. The summed E-state index contributed by atoms with van der Waals surface area (Å²) in [7, 11) is 0. The van der Waals surface area contributed by atoms with E-state index >= 15 is 0 Å². The lowest BCUT2D eigenvalue weighted by molar-refractivity contribution is -0.129. The third-order valence-corrected chi connectivity index (χ3v) is 0.538. The van der Waals surface area contributed by atoms with Crippen molar-refractivity contribution in [2.24, 2.45) is 5.16 Å². The Morgan fingerprint density at radius 2 is 2.20 bits per heavy atom. The molecular weight excluding hydrogens is 138 g/mol. The van der Waals surface area contributed by atoms with E-state index in [9.17, 15) is 4.79 Å². The molecule has 0 bridgehead atoms. The fraction of sp³-hybridized carbons (Fsp3) is 0. The predicted octanol–water partition coefficient (Wildman–Crippen LogP) is -0.636. The van der Waals surface area contributed by atoms with E-state index in [0.717, 1.165) is 6.26 Å². The highest BCUT2D eigenvalue weighted by Crippen LogP contribution is 1.79. The van der Waals surface area contributed by atoms with Gasteiger partial charge in [0.1, 0.15) is 6.07 Å². The molecule has 0 aliphatic heterocycles. The summed E-state index contributed by atoms with van der Waals surface area (Å²) < 4.78 is 3.64. The molecule has 0 aliphatic rings. The number of carbonyl (C=O) groups is 1. The van der Waals surface area contributed by atoms with Crippen LogP contribution in [0.4, 0.5) is 0 Å². The van der Waals surface area contributed by atoms with Gasteiger partial charge in [-0.05, 0) is 0 Å². The normalized spacial score (nSPS) is 9.20. The Balaban J connectivity index is 4.26. The Kier molecular flexibility index (Phi) is 3.06. The van der Waals surface area contributed by atoms with Gasteiger partial charge in [-0.15, -0.1) is 5.26 Å². The molecule has 0 saturated heterocycles. The van der Waals surface area contributed by atoms with Gasteiger partial charge in [0.2, 0.25) is 0 Å². The van der Waals surface area contributed by atoms with Crippen LogP contribution in [0.25, 0.3) is 0 Å². The van der Waals surface area contributed by atoms with Crippen LogP contribution in [0.5, 0.6) is 0 Å². The zero-order valence-corrected chi connectivity index (χ0v) is 4.61. The number of hydrogen-bond donors (Lipinski definition) is 1. The van der Waals surface area contributed by atoms with Crippen molar-refractivity contribution in [3.8, 4) is 12.3 Å². The number of ether oxygens (including phenoxy) is 1. The molecule has 0 aliphatic carbocycles. The monoisotopic (exact) mass is 139 g/mol. The number of esters is 1. The van der Waals surface area contributed by atoms with Crippen molar-refractivity contribution in [1.82, 2.24) is 0 Å². The van der Waals surface area contributed by atoms with Gasteiger partial charge in [-0.25, -0.2) is 4.79 Å². The van der Waals surface area contributed by atoms with Gasteiger partial charge in [0.25, 0.3) is 12.0 Å². The molecule has 0 spiro atoms. The summed E-state index contributed by atoms with van der Waals surface area (Å²) in [5.41, 5.74) is -0.860. The number of rotatable bonds is 1. The maximum atomic E-state index is 10.2. The fourth-order valence-electron chi connectivity index (χ4n) is 0.199. The maximum absolute atomic E-state index is 10.2. The minimum Gasteiger partial charge on any atom is -0.410 e. The Morgan fingerprint density at radius 3 is 2.50 bits per heavy atom. The highest BCUT2D eigenvalue weighted by molar-refractivity contribution is 6.43. The molecule has 6 heteroatoms. The van der Waals surface area contributed by atoms with Crippen LogP contribution in [0, 0.1) is 22.8 Å². The van der Waals surface area contributed by atoms with Crippen LogP contribution in [-0.2, 0) is 9.53 Å². The van der Waals surface area contributed by atoms with Crippen molar-refractivity contribution in [2.75, 3.05) is 0 Å². The van der Waals surface area contributed by atoms with Crippen LogP contribution in [0.15, 0.2) is 5.16 Å². The first-order valence-electron chi connectivity index (χ1n) is 1.98. The highest BCUT2D eigenvalue weighted by atomic mass is 16.5. The number of hydrogen-bond acceptors (Lipinski definition) is 6. The molecule has 6 nitrogen and oxygen atoms in total. The molecule has 0 rings (SSSR count). The molecule has 0 aromatic rings. The molecule has 0 saturated carbocycles. The van der Waals surface area contributed by atoms with E-state index in [-0.39, 0.29) is 0 Å². The fourth-order valence-corrected chi connectivity index (χ4v) is 0.199. The van der Waals surface area contributed by atoms with E-state index in [1.165, 1.54) is 6.07 Å². The van der Waals surface area contributed by atoms with E-state index in [2.05, 4.69) is 9.89 Å². The molecule has 0 atom stereocenters. The number of carbonyl (C=O) groups excluding carboxylic acids is 1. The summed E-state index contributed by atoms with van der Waals surface area (Å²) in [4.78, 5) is 10.2. The van der Waals surface area contributed by atoms with Crippen molar-refractivity contribution >= 4 is 11.7 Å². The zero-order chi connectivity index (χ0) is 7.98. The van der Waals surface area contributed by atoms with Crippen LogP contribution < -0.4 is 0 Å². The third-order valence-electron chi connectivity index (χ3n) is 0.538. The Bertz CT molecular complexity index is 243. The first-order chi connectivity index (χ1) is 4.76. The van der Waals surface area contributed by atoms with Crippen LogP contribution in [0.2, 0.25) is 0 Å². The van der Waals surface area contributed by atoms with Crippen LogP contribution in [-0.4, -0.2) is 16.9 Å². The molecule has 10 heavy (non-hydrogen) atoms. The highest BCUT2D eigenvalue weighted by Gasteiger charge is 2.12. The summed E-state index contributed by atoms with van der Waals surface area (Å²) in [6, 6.07) is 1.21. The van der Waals surface area contributed by atoms with Crippen molar-refractivity contribution in [3.05, 3.63) is 0 Å². The quantitative estimate of drug-likeness (QED) is 0.171. The second-order valence-corrected chi connectivity index (χ2v) is 1.04. The first kappa shape index (κ1) is 7.92. The first-order valence-corrected chi connectivity index (χ1v) is 1.98. The standard InChI is InChI=1S/C4HN3O3/c5-1-3(7-9)4(8)10-2-6/h9H. The van der Waals surface area contributed by atoms with E-state index < -0.39 is 11.7 Å². The Morgan fingerprint density at radius 1 is 1.60 bits per heavy atom. The van der Waals surface area contributed by atoms with Crippen molar-refractivity contribution in [2.45, 2.75) is 0 Å². The zero-order valence-electron chi connectivity index (χ0n) is 4.61. The van der Waals surface area contributed by atoms with Gasteiger partial charge in [-0.3, -0.25) is 0 Å². The Hall–Kier alpha value is -2.08. The van der Waals surface area contributed by atoms with Gasteiger partial charge in [-0.1, -0.05) is 5.16 Å². The molecule has 0 aromatic carbocycles. The van der Waals surface area contributed by atoms with Crippen LogP contribution >= 0.6 is 0 Å². The van der Waals surface area contributed by atoms with E-state index in [0.29, 0.717) is 0 Å². The van der Waals surface area contributed by atoms with E-state index in [1.807, 2.05) is 0 Å². The molecule has 1 N–H and O–H groups in total. The largest absolute Gasteiger partial charge is 0.410 e. The topological polar surface area (TPSA) is 106 Å². The van der Waals surface area contributed by atoms with Gasteiger partial charge in [0.15, 0.2) is 0 Å². The molecule has 0 heterocycles. The minimum atomic E-state index is -1.27. The maximum Gasteiger partial charge on any atom is 0.386 e. The lowest BCUT2D eigenvalue weighted by atomic mass is 10.4. The van der Waals surface area contributed by atoms with E-state index in [1.54, 1.807) is 0 Å². The number of oxime groups is 1. The average molecular weight is 139 g/mol. The summed E-state index contributed by atoms with van der Waals surface area (Å²) in [6.07, 6.45) is 1.02. The smallest absolute Gasteiger partial charge is 0.386 e. The van der Waals surface area contributed by atoms with Crippen LogP contribution in [0.1, 0.15) is 0 Å². The SMILES string of the molecule is N#COC(=O)C(C#N)=NO. The van der Waals surface area contributed by atoms with Crippen LogP contribution in [0.3, 0.4) is 0 Å². The predicted molar refractivity (Wildman–Crippen MR) is 26.5 cm³/mol. The third kappa shape index (κ3) is 1.80. The lowest BCUT2D eigenvalue weighted by Gasteiger charge is -1.85. The summed E-state index contributed by atoms with van der Waals surface area (Å²) >= 11 is 0. The molecule has 0 aromatic heterocycles. The van der Waals surface area contributed by atoms with Gasteiger partial charge in [-0.2, -0.15) is 5.26 Å². The second-order valence-electron chi connectivity index (χ2n) is 1.04. The molecule has 50 valence electrons. The van der Waals surface area contributed by atoms with Gasteiger partial charge < -0.3 is 9.94 Å². The van der Waals surface area contributed by atoms with Gasteiger partial charge >= 0.3 is 5.97 Å². The van der Waals surface area contributed by atoms with Crippen molar-refractivity contribution in [3.63, 3.8) is 0 Å². The summed E-state index contributed by atoms with van der Waals surface area (Å²) in [6.45, 7) is 0. The number of nitriles is 2. The molecule has 0 radical (unpaired) electrons. The molecule has 0 unspecified atom stereocenters. The molecule has 0 amide bonds. The average Bonchev–Trinajstić information content (AvgIpc) is 1.91. The summed E-state index contributed by atoms with van der Waals surface area (Å²) in [5.74, 6) is -1.27. The summed E-state index contributed by atoms with van der Waals surface area (Å²) in [5, 5.41) is 25.8. The van der Waals surface area contributed by atoms with Crippen molar-refractivity contribution < 1.29 is 14.7 Å². The molecule has 0 fully saturated rings.